The van der Waals surface area contributed by atoms with Gasteiger partial charge in [-0.15, -0.1) is 0 Å². The summed E-state index contributed by atoms with van der Waals surface area (Å²) in [6.45, 7) is 0. The molecule has 0 spiro atoms. The molecule has 0 aliphatic heterocycles. The molecule has 0 unspecified atom stereocenters. The molecule has 3 rings (SSSR count). The summed E-state index contributed by atoms with van der Waals surface area (Å²) in [6.07, 6.45) is 3.72. The summed E-state index contributed by atoms with van der Waals surface area (Å²) in [5.74, 6) is 0.550. The molecule has 0 atom stereocenters. The van der Waals surface area contributed by atoms with Crippen molar-refractivity contribution < 1.29 is 4.42 Å². The molecule has 1 heterocycles. The van der Waals surface area contributed by atoms with E-state index < -0.39 is 0 Å². The van der Waals surface area contributed by atoms with Gasteiger partial charge in [0.1, 0.15) is 5.52 Å². The van der Waals surface area contributed by atoms with E-state index in [9.17, 15) is 0 Å². The Morgan fingerprint density at radius 2 is 2.17 bits per heavy atom. The van der Waals surface area contributed by atoms with Gasteiger partial charge in [0.15, 0.2) is 16.9 Å². The minimum absolute atomic E-state index is 0.529. The summed E-state index contributed by atoms with van der Waals surface area (Å²) in [7, 11) is 0. The maximum absolute atomic E-state index is 8.69. The monoisotopic (exact) mass is 386 g/mol. The smallest absolute Gasteiger partial charge is 0.228 e. The number of rotatable bonds is 2. The van der Waals surface area contributed by atoms with Crippen LogP contribution in [0, 0.1) is 11.5 Å². The molecule has 0 radical (unpaired) electrons. The van der Waals surface area contributed by atoms with Crippen molar-refractivity contribution in [1.29, 1.82) is 5.26 Å². The number of benzene rings is 2. The van der Waals surface area contributed by atoms with E-state index in [1.807, 2.05) is 54.9 Å². The molecule has 0 saturated carbocycles. The standard InChI is InChI=1S/C16H11BrN4OS/c1-23-16(19-9-18)20-10-6-7-14-13(8-10)21-15(22-14)11-4-2-3-5-12(11)17/h2-8H,1H3,(H,19,20). The third-order valence-corrected chi connectivity index (χ3v) is 4.33. The molecule has 1 N–H and O–H groups in total. The molecule has 0 bridgehead atoms. The van der Waals surface area contributed by atoms with E-state index in [-0.39, 0.29) is 0 Å². The zero-order valence-electron chi connectivity index (χ0n) is 12.1. The lowest BCUT2D eigenvalue weighted by atomic mass is 10.2. The Labute approximate surface area is 145 Å². The second-order valence-corrected chi connectivity index (χ2v) is 6.16. The van der Waals surface area contributed by atoms with Gasteiger partial charge in [0.05, 0.1) is 11.3 Å². The number of hydrogen-bond acceptors (Lipinski definition) is 5. The number of nitriles is 1. The predicted octanol–water partition coefficient (Wildman–Crippen LogP) is 4.68. The van der Waals surface area contributed by atoms with Crippen LogP contribution in [0.25, 0.3) is 22.6 Å². The summed E-state index contributed by atoms with van der Waals surface area (Å²) in [5, 5.41) is 11.8. The van der Waals surface area contributed by atoms with Crippen molar-refractivity contribution in [3.8, 4) is 17.6 Å². The van der Waals surface area contributed by atoms with Crippen molar-refractivity contribution in [3.63, 3.8) is 0 Å². The number of halogens is 1. The Kier molecular flexibility index (Phi) is 4.65. The maximum Gasteiger partial charge on any atom is 0.228 e. The van der Waals surface area contributed by atoms with E-state index in [4.69, 9.17) is 9.68 Å². The Morgan fingerprint density at radius 1 is 1.35 bits per heavy atom. The number of aliphatic imine (C=N–C) groups is 1. The first-order valence-electron chi connectivity index (χ1n) is 6.64. The molecular weight excluding hydrogens is 376 g/mol. The SMILES string of the molecule is CSC(=Nc1ccc2oc(-c3ccccc3Br)nc2c1)NC#N. The number of nitrogens with zero attached hydrogens (tertiary/aromatic N) is 3. The molecule has 7 heteroatoms. The molecule has 0 aliphatic carbocycles. The summed E-state index contributed by atoms with van der Waals surface area (Å²) < 4.78 is 6.73. The van der Waals surface area contributed by atoms with Crippen LogP contribution in [0.2, 0.25) is 0 Å². The number of hydrogen-bond donors (Lipinski definition) is 1. The second kappa shape index (κ2) is 6.86. The van der Waals surface area contributed by atoms with Crippen LogP contribution < -0.4 is 5.32 Å². The van der Waals surface area contributed by atoms with Gasteiger partial charge in [-0.05, 0) is 52.5 Å². The van der Waals surface area contributed by atoms with Crippen LogP contribution in [0.1, 0.15) is 0 Å². The molecule has 5 nitrogen and oxygen atoms in total. The van der Waals surface area contributed by atoms with Crippen molar-refractivity contribution in [2.24, 2.45) is 4.99 Å². The van der Waals surface area contributed by atoms with Crippen LogP contribution >= 0.6 is 27.7 Å². The van der Waals surface area contributed by atoms with Crippen LogP contribution in [0.5, 0.6) is 0 Å². The molecule has 114 valence electrons. The van der Waals surface area contributed by atoms with E-state index in [1.54, 1.807) is 0 Å². The van der Waals surface area contributed by atoms with Gasteiger partial charge in [-0.2, -0.15) is 5.26 Å². The number of fused-ring (bicyclic) bond motifs is 1. The fraction of sp³-hybridized carbons (Fsp3) is 0.0625. The van der Waals surface area contributed by atoms with Crippen LogP contribution in [0.3, 0.4) is 0 Å². The summed E-state index contributed by atoms with van der Waals surface area (Å²) >= 11 is 4.87. The number of thioether (sulfide) groups is 1. The van der Waals surface area contributed by atoms with E-state index in [0.717, 1.165) is 15.6 Å². The normalized spacial score (nSPS) is 11.4. The van der Waals surface area contributed by atoms with Gasteiger partial charge in [0.2, 0.25) is 5.89 Å². The topological polar surface area (TPSA) is 74.2 Å². The number of oxazole rings is 1. The molecular formula is C16H11BrN4OS. The predicted molar refractivity (Wildman–Crippen MR) is 96.5 cm³/mol. The van der Waals surface area contributed by atoms with E-state index in [1.165, 1.54) is 11.8 Å². The zero-order chi connectivity index (χ0) is 16.2. The first-order chi connectivity index (χ1) is 11.2. The van der Waals surface area contributed by atoms with Crippen molar-refractivity contribution in [2.45, 2.75) is 0 Å². The highest BCUT2D eigenvalue weighted by atomic mass is 79.9. The van der Waals surface area contributed by atoms with E-state index in [0.29, 0.717) is 22.3 Å². The summed E-state index contributed by atoms with van der Waals surface area (Å²) in [6, 6.07) is 13.2. The Hall–Kier alpha value is -2.30. The highest BCUT2D eigenvalue weighted by Crippen LogP contribution is 2.31. The molecule has 0 fully saturated rings. The fourth-order valence-electron chi connectivity index (χ4n) is 2.02. The average molecular weight is 387 g/mol. The Bertz CT molecular complexity index is 929. The van der Waals surface area contributed by atoms with Gasteiger partial charge < -0.3 is 4.42 Å². The first kappa shape index (κ1) is 15.6. The first-order valence-corrected chi connectivity index (χ1v) is 8.66. The largest absolute Gasteiger partial charge is 0.436 e. The van der Waals surface area contributed by atoms with Gasteiger partial charge in [-0.25, -0.2) is 9.98 Å². The fourth-order valence-corrected chi connectivity index (χ4v) is 2.82. The highest BCUT2D eigenvalue weighted by Gasteiger charge is 2.11. The van der Waals surface area contributed by atoms with Gasteiger partial charge in [0.25, 0.3) is 0 Å². The summed E-state index contributed by atoms with van der Waals surface area (Å²) in [5.41, 5.74) is 3.00. The average Bonchev–Trinajstić information content (AvgIpc) is 2.97. The lowest BCUT2D eigenvalue weighted by molar-refractivity contribution is 0.619. The van der Waals surface area contributed by atoms with Gasteiger partial charge >= 0.3 is 0 Å². The lowest BCUT2D eigenvalue weighted by Crippen LogP contribution is -2.12. The second-order valence-electron chi connectivity index (χ2n) is 4.51. The van der Waals surface area contributed by atoms with E-state index >= 15 is 0 Å². The molecule has 3 aromatic rings. The van der Waals surface area contributed by atoms with Crippen molar-refractivity contribution in [1.82, 2.24) is 10.3 Å². The quantitative estimate of drug-likeness (QED) is 0.299. The molecule has 0 amide bonds. The molecule has 0 saturated heterocycles. The van der Waals surface area contributed by atoms with Crippen LogP contribution in [-0.2, 0) is 0 Å². The van der Waals surface area contributed by atoms with Gasteiger partial charge in [-0.1, -0.05) is 23.9 Å². The zero-order valence-corrected chi connectivity index (χ0v) is 14.5. The number of nitrogens with one attached hydrogen (secondary N) is 1. The molecule has 1 aromatic heterocycles. The third-order valence-electron chi connectivity index (χ3n) is 3.06. The van der Waals surface area contributed by atoms with E-state index in [2.05, 4.69) is 31.2 Å². The van der Waals surface area contributed by atoms with Crippen LogP contribution in [0.4, 0.5) is 5.69 Å². The van der Waals surface area contributed by atoms with Crippen molar-refractivity contribution in [2.75, 3.05) is 6.26 Å². The lowest BCUT2D eigenvalue weighted by Gasteiger charge is -1.98. The van der Waals surface area contributed by atoms with Crippen molar-refractivity contribution >= 4 is 49.6 Å². The third kappa shape index (κ3) is 3.38. The highest BCUT2D eigenvalue weighted by molar-refractivity contribution is 9.10. The summed E-state index contributed by atoms with van der Waals surface area (Å²) in [4.78, 5) is 8.90. The molecule has 0 aliphatic rings. The Morgan fingerprint density at radius 3 is 2.91 bits per heavy atom. The minimum atomic E-state index is 0.529. The van der Waals surface area contributed by atoms with Crippen molar-refractivity contribution in [3.05, 3.63) is 46.9 Å². The maximum atomic E-state index is 8.69. The molecule has 2 aromatic carbocycles. The van der Waals surface area contributed by atoms with Crippen LogP contribution in [0.15, 0.2) is 56.3 Å². The number of amidine groups is 1. The van der Waals surface area contributed by atoms with Gasteiger partial charge in [0, 0.05) is 4.47 Å². The molecule has 23 heavy (non-hydrogen) atoms. The number of aromatic nitrogens is 1. The van der Waals surface area contributed by atoms with Crippen LogP contribution in [-0.4, -0.2) is 16.4 Å². The Balaban J connectivity index is 2.02. The minimum Gasteiger partial charge on any atom is -0.436 e. The van der Waals surface area contributed by atoms with Gasteiger partial charge in [-0.3, -0.25) is 5.32 Å².